The lowest BCUT2D eigenvalue weighted by Gasteiger charge is -2.27. The number of pyridine rings is 1. The second-order valence-corrected chi connectivity index (χ2v) is 12.2. The molecule has 2 amide bonds. The van der Waals surface area contributed by atoms with E-state index in [-0.39, 0.29) is 46.8 Å². The van der Waals surface area contributed by atoms with Gasteiger partial charge in [0.05, 0.1) is 21.5 Å². The number of benzene rings is 1. The fraction of sp³-hybridized carbons (Fsp3) is 0.385. The first kappa shape index (κ1) is 30.9. The summed E-state index contributed by atoms with van der Waals surface area (Å²) in [5.41, 5.74) is -1.98. The number of halogens is 5. The van der Waals surface area contributed by atoms with E-state index in [1.54, 1.807) is 0 Å². The van der Waals surface area contributed by atoms with Crippen LogP contribution in [0.3, 0.4) is 0 Å². The summed E-state index contributed by atoms with van der Waals surface area (Å²) in [6.07, 6.45) is -4.13. The summed E-state index contributed by atoms with van der Waals surface area (Å²) in [5.74, 6) is -4.33. The molecule has 1 aliphatic rings. The third-order valence-electron chi connectivity index (χ3n) is 6.72. The molecule has 3 heterocycles. The smallest absolute Gasteiger partial charge is 0.439 e. The van der Waals surface area contributed by atoms with Gasteiger partial charge in [-0.25, -0.2) is 22.8 Å². The molecular formula is C26H27F5N6O4S. The van der Waals surface area contributed by atoms with Crippen LogP contribution >= 0.6 is 0 Å². The second kappa shape index (κ2) is 11.3. The molecule has 1 aromatic carbocycles. The van der Waals surface area contributed by atoms with Crippen molar-refractivity contribution in [3.8, 4) is 11.1 Å². The number of hydrogen-bond donors (Lipinski definition) is 2. The first-order valence-corrected chi connectivity index (χ1v) is 14.5. The normalized spacial score (nSPS) is 16.8. The highest BCUT2D eigenvalue weighted by Crippen LogP contribution is 2.42. The van der Waals surface area contributed by atoms with Crippen molar-refractivity contribution in [2.75, 3.05) is 29.6 Å². The number of rotatable bonds is 5. The molecule has 2 aromatic heterocycles. The third kappa shape index (κ3) is 6.69. The average molecular weight is 615 g/mol. The summed E-state index contributed by atoms with van der Waals surface area (Å²) in [4.78, 5) is 29.9. The van der Waals surface area contributed by atoms with Gasteiger partial charge in [0.25, 0.3) is 5.91 Å². The van der Waals surface area contributed by atoms with Crippen LogP contribution in [0.1, 0.15) is 40.9 Å². The van der Waals surface area contributed by atoms with Crippen LogP contribution in [0.5, 0.6) is 0 Å². The monoisotopic (exact) mass is 614 g/mol. The summed E-state index contributed by atoms with van der Waals surface area (Å²) in [6, 6.07) is 5.37. The molecule has 4 rings (SSSR count). The molecule has 0 saturated carbocycles. The van der Waals surface area contributed by atoms with E-state index in [1.165, 1.54) is 60.2 Å². The first-order valence-electron chi connectivity index (χ1n) is 12.6. The summed E-state index contributed by atoms with van der Waals surface area (Å²) in [6.45, 7) is 0.911. The number of amides is 2. The maximum atomic E-state index is 14.4. The number of carboxylic acid groups (broad SMARTS) is 1. The highest BCUT2D eigenvalue weighted by atomic mass is 32.2. The fourth-order valence-electron chi connectivity index (χ4n) is 4.78. The van der Waals surface area contributed by atoms with Crippen LogP contribution in [0.4, 0.5) is 38.3 Å². The van der Waals surface area contributed by atoms with Crippen molar-refractivity contribution in [2.24, 2.45) is 11.4 Å². The van der Waals surface area contributed by atoms with E-state index in [2.05, 4.69) is 19.8 Å². The van der Waals surface area contributed by atoms with Gasteiger partial charge in [0.1, 0.15) is 5.82 Å². The van der Waals surface area contributed by atoms with E-state index in [0.717, 1.165) is 6.26 Å². The number of carbonyl (C=O) groups excluding carboxylic acids is 1. The first-order chi connectivity index (χ1) is 19.5. The number of nitrogens with zero attached hydrogens (tertiary/aromatic N) is 5. The van der Waals surface area contributed by atoms with E-state index >= 15 is 0 Å². The fourth-order valence-corrected chi connectivity index (χ4v) is 5.86. The molecule has 1 aliphatic heterocycles. The van der Waals surface area contributed by atoms with Crippen LogP contribution < -0.4 is 10.2 Å². The minimum Gasteiger partial charge on any atom is -0.463 e. The lowest BCUT2D eigenvalue weighted by molar-refractivity contribution is -0.140. The van der Waals surface area contributed by atoms with E-state index in [0.29, 0.717) is 0 Å². The molecule has 3 aromatic rings. The molecule has 10 nitrogen and oxygen atoms in total. The van der Waals surface area contributed by atoms with Gasteiger partial charge in [0.2, 0.25) is 5.92 Å². The van der Waals surface area contributed by atoms with Gasteiger partial charge in [0, 0.05) is 67.1 Å². The van der Waals surface area contributed by atoms with E-state index in [1.807, 2.05) is 0 Å². The van der Waals surface area contributed by atoms with Crippen LogP contribution in [0.15, 0.2) is 45.9 Å². The molecule has 1 saturated heterocycles. The van der Waals surface area contributed by atoms with Crippen molar-refractivity contribution in [1.29, 1.82) is 0 Å². The van der Waals surface area contributed by atoms with Crippen LogP contribution in [0.2, 0.25) is 0 Å². The van der Waals surface area contributed by atoms with E-state index < -0.39 is 63.7 Å². The standard InChI is InChI=1S/C26H27F5N6O4S/c1-15-19(16-13-32-36(2)14-16)21(26(29,30)31)34-22(37-10-5-8-25(27,28)9-11-37)20(15)23(38)33-17-6-4-7-18(12-17)42(3,41)35-24(39)40/h4,6-7,12-14H,5,8-11H2,1-3H3,(H,33,38)(H,39,40). The molecule has 1 fully saturated rings. The van der Waals surface area contributed by atoms with Gasteiger partial charge in [-0.2, -0.15) is 18.3 Å². The zero-order valence-electron chi connectivity index (χ0n) is 22.7. The van der Waals surface area contributed by atoms with Gasteiger partial charge in [-0.3, -0.25) is 9.48 Å². The summed E-state index contributed by atoms with van der Waals surface area (Å²) in [7, 11) is -1.89. The molecule has 0 spiro atoms. The minimum atomic E-state index is -4.96. The van der Waals surface area contributed by atoms with Crippen LogP contribution in [0.25, 0.3) is 11.1 Å². The molecule has 0 radical (unpaired) electrons. The van der Waals surface area contributed by atoms with Gasteiger partial charge in [-0.1, -0.05) is 6.07 Å². The van der Waals surface area contributed by atoms with Gasteiger partial charge < -0.3 is 15.3 Å². The number of nitrogens with one attached hydrogen (secondary N) is 1. The van der Waals surface area contributed by atoms with E-state index in [4.69, 9.17) is 5.11 Å². The Morgan fingerprint density at radius 3 is 2.52 bits per heavy atom. The second-order valence-electron chi connectivity index (χ2n) is 9.91. The summed E-state index contributed by atoms with van der Waals surface area (Å²) in [5, 5.41) is 15.4. The Balaban J connectivity index is 1.89. The lowest BCUT2D eigenvalue weighted by atomic mass is 9.95. The Morgan fingerprint density at radius 2 is 1.90 bits per heavy atom. The highest BCUT2D eigenvalue weighted by Gasteiger charge is 2.41. The molecule has 226 valence electrons. The summed E-state index contributed by atoms with van der Waals surface area (Å²) < 4.78 is 88.8. The van der Waals surface area contributed by atoms with Crippen molar-refractivity contribution >= 4 is 33.2 Å². The van der Waals surface area contributed by atoms with Gasteiger partial charge in [-0.15, -0.1) is 4.36 Å². The molecule has 0 bridgehead atoms. The van der Waals surface area contributed by atoms with Crippen molar-refractivity contribution < 1.29 is 40.9 Å². The van der Waals surface area contributed by atoms with Gasteiger partial charge in [-0.05, 0) is 37.1 Å². The molecule has 2 N–H and O–H groups in total. The van der Waals surface area contributed by atoms with Crippen LogP contribution in [-0.2, 0) is 23.0 Å². The molecular weight excluding hydrogens is 587 g/mol. The Bertz CT molecular complexity index is 1660. The largest absolute Gasteiger partial charge is 0.463 e. The number of aryl methyl sites for hydroxylation is 1. The Kier molecular flexibility index (Phi) is 8.31. The number of carbonyl (C=O) groups is 2. The van der Waals surface area contributed by atoms with Crippen LogP contribution in [0, 0.1) is 6.92 Å². The lowest BCUT2D eigenvalue weighted by Crippen LogP contribution is -2.31. The Labute approximate surface area is 237 Å². The molecule has 1 atom stereocenters. The number of hydrogen-bond acceptors (Lipinski definition) is 6. The van der Waals surface area contributed by atoms with Crippen molar-refractivity contribution in [2.45, 2.75) is 43.2 Å². The zero-order chi connectivity index (χ0) is 31.0. The number of alkyl halides is 5. The van der Waals surface area contributed by atoms with Crippen LogP contribution in [-0.4, -0.2) is 61.3 Å². The molecule has 1 unspecified atom stereocenters. The Hall–Kier alpha value is -4.08. The van der Waals surface area contributed by atoms with E-state index in [9.17, 15) is 35.8 Å². The molecule has 42 heavy (non-hydrogen) atoms. The van der Waals surface area contributed by atoms with Crippen molar-refractivity contribution in [1.82, 2.24) is 14.8 Å². The Morgan fingerprint density at radius 1 is 1.19 bits per heavy atom. The topological polar surface area (TPSA) is 130 Å². The zero-order valence-corrected chi connectivity index (χ0v) is 23.5. The van der Waals surface area contributed by atoms with Gasteiger partial charge >= 0.3 is 12.3 Å². The minimum absolute atomic E-state index is 0.0176. The SMILES string of the molecule is Cc1c(C(=O)Nc2cccc(S(C)(=O)=NC(=O)O)c2)c(N2CCCC(F)(F)CC2)nc(C(F)(F)F)c1-c1cnn(C)c1. The maximum absolute atomic E-state index is 14.4. The average Bonchev–Trinajstić information content (AvgIpc) is 3.20. The highest BCUT2D eigenvalue weighted by molar-refractivity contribution is 7.93. The quantitative estimate of drug-likeness (QED) is 0.347. The number of aromatic nitrogens is 3. The predicted molar refractivity (Wildman–Crippen MR) is 144 cm³/mol. The van der Waals surface area contributed by atoms with Gasteiger partial charge in [0.15, 0.2) is 5.69 Å². The third-order valence-corrected chi connectivity index (χ3v) is 8.35. The molecule has 16 heteroatoms. The maximum Gasteiger partial charge on any atom is 0.439 e. The van der Waals surface area contributed by atoms with Crippen molar-refractivity contribution in [3.63, 3.8) is 0 Å². The predicted octanol–water partition coefficient (Wildman–Crippen LogP) is 5.82. The number of anilines is 2. The molecule has 0 aliphatic carbocycles. The summed E-state index contributed by atoms with van der Waals surface area (Å²) >= 11 is 0. The van der Waals surface area contributed by atoms with Crippen molar-refractivity contribution in [3.05, 3.63) is 53.5 Å².